The predicted octanol–water partition coefficient (Wildman–Crippen LogP) is 3.91. The third kappa shape index (κ3) is 6.16. The first-order valence-electron chi connectivity index (χ1n) is 8.61. The van der Waals surface area contributed by atoms with Crippen LogP contribution in [-0.4, -0.2) is 29.6 Å². The molecule has 0 heterocycles. The number of esters is 1. The molecule has 25 heavy (non-hydrogen) atoms. The summed E-state index contributed by atoms with van der Waals surface area (Å²) in [6, 6.07) is 13.9. The maximum absolute atomic E-state index is 11.8. The molecular weight excluding hydrogens is 316 g/mol. The van der Waals surface area contributed by atoms with Crippen LogP contribution >= 0.6 is 0 Å². The summed E-state index contributed by atoms with van der Waals surface area (Å²) in [4.78, 5) is 23.3. The zero-order chi connectivity index (χ0) is 18.1. The summed E-state index contributed by atoms with van der Waals surface area (Å²) in [5, 5.41) is 12.2. The average molecular weight is 340 g/mol. The Balaban J connectivity index is 1.88. The molecule has 0 aliphatic rings. The topological polar surface area (TPSA) is 63.6 Å². The number of ether oxygens (including phenoxy) is 1. The molecule has 2 aromatic carbocycles. The number of hydrogen-bond donors (Lipinski definition) is 1. The Morgan fingerprint density at radius 3 is 2.72 bits per heavy atom. The van der Waals surface area contributed by atoms with E-state index < -0.39 is 12.1 Å². The zero-order valence-electron chi connectivity index (χ0n) is 14.5. The maximum atomic E-state index is 11.8. The molecule has 2 rings (SSSR count). The lowest BCUT2D eigenvalue weighted by Gasteiger charge is -2.06. The zero-order valence-corrected chi connectivity index (χ0v) is 14.5. The van der Waals surface area contributed by atoms with E-state index in [1.807, 2.05) is 49.4 Å². The van der Waals surface area contributed by atoms with E-state index in [9.17, 15) is 14.7 Å². The first kappa shape index (κ1) is 18.9. The van der Waals surface area contributed by atoms with Gasteiger partial charge in [0, 0.05) is 6.42 Å². The first-order chi connectivity index (χ1) is 12.1. The van der Waals surface area contributed by atoms with Crippen LogP contribution in [0.15, 0.2) is 48.5 Å². The van der Waals surface area contributed by atoms with Crippen molar-refractivity contribution in [2.45, 2.75) is 38.7 Å². The second kappa shape index (κ2) is 9.74. The summed E-state index contributed by atoms with van der Waals surface area (Å²) in [5.41, 5.74) is 0.976. The van der Waals surface area contributed by atoms with E-state index in [-0.39, 0.29) is 18.6 Å². The largest absolute Gasteiger partial charge is 0.465 e. The number of carbonyl (C=O) groups is 2. The van der Waals surface area contributed by atoms with Gasteiger partial charge in [0.1, 0.15) is 12.2 Å². The number of fused-ring (bicyclic) bond motifs is 1. The van der Waals surface area contributed by atoms with Gasteiger partial charge < -0.3 is 9.84 Å². The SMILES string of the molecule is CCCCOC(=O)CC(=O)C[C@H](O)/C=C/c1cccc2ccccc12. The van der Waals surface area contributed by atoms with E-state index >= 15 is 0 Å². The standard InChI is InChI=1S/C21H24O4/c1-2-3-13-25-21(24)15-19(23)14-18(22)12-11-17-9-6-8-16-7-4-5-10-20(16)17/h4-12,18,22H,2-3,13-15H2,1H3/b12-11+/t18-/m1/s1. The van der Waals surface area contributed by atoms with Gasteiger partial charge in [-0.25, -0.2) is 0 Å². The molecule has 0 aromatic heterocycles. The van der Waals surface area contributed by atoms with Gasteiger partial charge in [0.25, 0.3) is 0 Å². The fourth-order valence-corrected chi connectivity index (χ4v) is 2.53. The van der Waals surface area contributed by atoms with Crippen LogP contribution < -0.4 is 0 Å². The van der Waals surface area contributed by atoms with Crippen molar-refractivity contribution in [3.05, 3.63) is 54.1 Å². The van der Waals surface area contributed by atoms with E-state index in [2.05, 4.69) is 0 Å². The lowest BCUT2D eigenvalue weighted by molar-refractivity contribution is -0.146. The molecule has 4 nitrogen and oxygen atoms in total. The lowest BCUT2D eigenvalue weighted by Crippen LogP contribution is -2.16. The highest BCUT2D eigenvalue weighted by Crippen LogP contribution is 2.20. The Morgan fingerprint density at radius 2 is 1.92 bits per heavy atom. The molecule has 0 aliphatic carbocycles. The molecule has 4 heteroatoms. The molecule has 1 atom stereocenters. The minimum Gasteiger partial charge on any atom is -0.465 e. The summed E-state index contributed by atoms with van der Waals surface area (Å²) in [6.45, 7) is 2.34. The van der Waals surface area contributed by atoms with Crippen LogP contribution in [0.1, 0.15) is 38.2 Å². The fraction of sp³-hybridized carbons (Fsp3) is 0.333. The number of carbonyl (C=O) groups excluding carboxylic acids is 2. The normalized spacial score (nSPS) is 12.4. The molecule has 0 radical (unpaired) electrons. The summed E-state index contributed by atoms with van der Waals surface area (Å²) in [6.07, 6.45) is 3.81. The van der Waals surface area contributed by atoms with Crippen molar-refractivity contribution in [3.8, 4) is 0 Å². The van der Waals surface area contributed by atoms with E-state index in [4.69, 9.17) is 4.74 Å². The molecule has 0 bridgehead atoms. The molecule has 0 fully saturated rings. The number of benzene rings is 2. The molecule has 0 spiro atoms. The third-order valence-corrected chi connectivity index (χ3v) is 3.86. The summed E-state index contributed by atoms with van der Waals surface area (Å²) in [5.74, 6) is -0.847. The van der Waals surface area contributed by atoms with Crippen molar-refractivity contribution in [1.29, 1.82) is 0 Å². The Morgan fingerprint density at radius 1 is 1.16 bits per heavy atom. The van der Waals surface area contributed by atoms with E-state index in [0.717, 1.165) is 29.2 Å². The molecule has 0 aliphatic heterocycles. The monoisotopic (exact) mass is 340 g/mol. The smallest absolute Gasteiger partial charge is 0.313 e. The van der Waals surface area contributed by atoms with Crippen molar-refractivity contribution < 1.29 is 19.4 Å². The minimum atomic E-state index is -0.921. The highest BCUT2D eigenvalue weighted by atomic mass is 16.5. The van der Waals surface area contributed by atoms with Crippen LogP contribution in [0.4, 0.5) is 0 Å². The van der Waals surface area contributed by atoms with Gasteiger partial charge >= 0.3 is 5.97 Å². The fourth-order valence-electron chi connectivity index (χ4n) is 2.53. The Hall–Kier alpha value is -2.46. The third-order valence-electron chi connectivity index (χ3n) is 3.86. The highest BCUT2D eigenvalue weighted by Gasteiger charge is 2.14. The first-order valence-corrected chi connectivity index (χ1v) is 8.61. The van der Waals surface area contributed by atoms with Gasteiger partial charge in [-0.3, -0.25) is 9.59 Å². The Labute approximate surface area is 148 Å². The number of aliphatic hydroxyl groups is 1. The van der Waals surface area contributed by atoms with E-state index in [1.54, 1.807) is 12.2 Å². The van der Waals surface area contributed by atoms with Crippen LogP contribution in [0.25, 0.3) is 16.8 Å². The van der Waals surface area contributed by atoms with Crippen molar-refractivity contribution in [2.75, 3.05) is 6.61 Å². The quantitative estimate of drug-likeness (QED) is 0.427. The molecule has 132 valence electrons. The average Bonchev–Trinajstić information content (AvgIpc) is 2.60. The minimum absolute atomic E-state index is 0.0931. The van der Waals surface area contributed by atoms with Gasteiger partial charge in [-0.1, -0.05) is 68.0 Å². The van der Waals surface area contributed by atoms with Crippen molar-refractivity contribution in [1.82, 2.24) is 0 Å². The molecule has 0 unspecified atom stereocenters. The van der Waals surface area contributed by atoms with Gasteiger partial charge in [0.05, 0.1) is 12.7 Å². The summed E-state index contributed by atoms with van der Waals surface area (Å²) >= 11 is 0. The number of hydrogen-bond acceptors (Lipinski definition) is 4. The Kier molecular flexibility index (Phi) is 7.36. The molecule has 2 aromatic rings. The number of aliphatic hydroxyl groups excluding tert-OH is 1. The van der Waals surface area contributed by atoms with Crippen molar-refractivity contribution >= 4 is 28.6 Å². The highest BCUT2D eigenvalue weighted by molar-refractivity contribution is 5.96. The molecule has 1 N–H and O–H groups in total. The summed E-state index contributed by atoms with van der Waals surface area (Å²) in [7, 11) is 0. The van der Waals surface area contributed by atoms with Crippen LogP contribution in [-0.2, 0) is 14.3 Å². The van der Waals surface area contributed by atoms with Gasteiger partial charge in [0.15, 0.2) is 0 Å². The van der Waals surface area contributed by atoms with Gasteiger partial charge in [-0.05, 0) is 22.8 Å². The maximum Gasteiger partial charge on any atom is 0.313 e. The second-order valence-electron chi connectivity index (χ2n) is 5.99. The van der Waals surface area contributed by atoms with Crippen molar-refractivity contribution in [3.63, 3.8) is 0 Å². The van der Waals surface area contributed by atoms with Crippen LogP contribution in [0.5, 0.6) is 0 Å². The van der Waals surface area contributed by atoms with Crippen molar-refractivity contribution in [2.24, 2.45) is 0 Å². The lowest BCUT2D eigenvalue weighted by atomic mass is 10.0. The van der Waals surface area contributed by atoms with Crippen LogP contribution in [0.3, 0.4) is 0 Å². The van der Waals surface area contributed by atoms with E-state index in [1.165, 1.54) is 0 Å². The molecule has 0 saturated heterocycles. The van der Waals surface area contributed by atoms with E-state index in [0.29, 0.717) is 6.61 Å². The number of unbranched alkanes of at least 4 members (excludes halogenated alkanes) is 1. The molecule has 0 amide bonds. The number of rotatable bonds is 9. The Bertz CT molecular complexity index is 743. The molecular formula is C21H24O4. The number of ketones is 1. The van der Waals surface area contributed by atoms with Gasteiger partial charge in [-0.15, -0.1) is 0 Å². The van der Waals surface area contributed by atoms with Crippen LogP contribution in [0, 0.1) is 0 Å². The second-order valence-corrected chi connectivity index (χ2v) is 5.99. The molecule has 0 saturated carbocycles. The van der Waals surface area contributed by atoms with Crippen LogP contribution in [0.2, 0.25) is 0 Å². The van der Waals surface area contributed by atoms with Gasteiger partial charge in [-0.2, -0.15) is 0 Å². The number of Topliss-reactive ketones (excluding diaryl/α,β-unsaturated/α-hetero) is 1. The van der Waals surface area contributed by atoms with Gasteiger partial charge in [0.2, 0.25) is 0 Å². The predicted molar refractivity (Wildman–Crippen MR) is 99.1 cm³/mol. The summed E-state index contributed by atoms with van der Waals surface area (Å²) < 4.78 is 4.95.